The summed E-state index contributed by atoms with van der Waals surface area (Å²) in [7, 11) is 9.69. The first-order valence-electron chi connectivity index (χ1n) is 19.0. The van der Waals surface area contributed by atoms with Crippen LogP contribution in [-0.4, -0.2) is 62.2 Å². The molecule has 0 spiro atoms. The molecular weight excluding hydrogens is 572 g/mol. The molecule has 1 aromatic carbocycles. The van der Waals surface area contributed by atoms with Gasteiger partial charge in [-0.2, -0.15) is 0 Å². The zero-order valence-electron chi connectivity index (χ0n) is 31.2. The fourth-order valence-electron chi connectivity index (χ4n) is 6.23. The van der Waals surface area contributed by atoms with E-state index in [4.69, 9.17) is 0 Å². The van der Waals surface area contributed by atoms with Crippen LogP contribution in [0, 0.1) is 0 Å². The number of rotatable bonds is 29. The molecule has 6 nitrogen and oxygen atoms in total. The molecule has 0 N–H and O–H groups in total. The van der Waals surface area contributed by atoms with Crippen molar-refractivity contribution in [2.75, 3.05) is 41.3 Å². The van der Waals surface area contributed by atoms with Crippen LogP contribution in [0.5, 0.6) is 0 Å². The van der Waals surface area contributed by atoms with Gasteiger partial charge >= 0.3 is 0 Å². The second-order valence-corrected chi connectivity index (χ2v) is 15.1. The summed E-state index contributed by atoms with van der Waals surface area (Å²) in [6, 6.07) is 9.50. The Morgan fingerprint density at radius 1 is 0.500 bits per heavy atom. The first kappa shape index (κ1) is 44.1. The minimum atomic E-state index is -1.37. The molecule has 0 fully saturated rings. The number of unbranched alkanes of at least 4 members (excludes halogenated alkanes) is 18. The normalized spacial score (nSPS) is 11.7. The van der Waals surface area contributed by atoms with E-state index < -0.39 is 24.8 Å². The van der Waals surface area contributed by atoms with Crippen molar-refractivity contribution in [1.82, 2.24) is 0 Å². The van der Waals surface area contributed by atoms with Gasteiger partial charge in [0.1, 0.15) is 13.1 Å². The Morgan fingerprint density at radius 3 is 1.07 bits per heavy atom. The highest BCUT2D eigenvalue weighted by molar-refractivity contribution is 5.72. The minimum Gasteiger partial charge on any atom is -0.550 e. The zero-order chi connectivity index (χ0) is 34.5. The lowest BCUT2D eigenvalue weighted by Gasteiger charge is -2.31. The van der Waals surface area contributed by atoms with Gasteiger partial charge in [0.15, 0.2) is 0 Å². The smallest absolute Gasteiger partial charge is 0.104 e. The van der Waals surface area contributed by atoms with Gasteiger partial charge in [-0.15, -0.1) is 0 Å². The standard InChI is InChI=1S/C36H70N2.C4H6O4/c1-7-9-11-13-15-17-19-21-23-25-30-37(3,4)33-35-28-27-29-36(32-35)34-38(5,6)31-26-24-22-20-18-16-14-12-10-8-2;5-3(6)1-2-4(7)8/h27-29,32H,7-26,30-31,33-34H2,1-6H3;1-2H2,(H,5,6)(H,7,8)/q+2;/p-2. The van der Waals surface area contributed by atoms with E-state index >= 15 is 0 Å². The highest BCUT2D eigenvalue weighted by Gasteiger charge is 2.18. The van der Waals surface area contributed by atoms with Gasteiger partial charge in [0.25, 0.3) is 0 Å². The summed E-state index contributed by atoms with van der Waals surface area (Å²) in [4.78, 5) is 19.0. The number of nitrogens with zero attached hydrogens (tertiary/aromatic N) is 2. The Morgan fingerprint density at radius 2 is 0.783 bits per heavy atom. The fourth-order valence-corrected chi connectivity index (χ4v) is 6.23. The average molecular weight is 647 g/mol. The molecule has 1 rings (SSSR count). The number of quaternary nitrogens is 2. The molecule has 46 heavy (non-hydrogen) atoms. The summed E-state index contributed by atoms with van der Waals surface area (Å²) < 4.78 is 2.22. The summed E-state index contributed by atoms with van der Waals surface area (Å²) in [6.45, 7) is 9.49. The van der Waals surface area contributed by atoms with Gasteiger partial charge in [-0.05, 0) is 44.6 Å². The van der Waals surface area contributed by atoms with Crippen molar-refractivity contribution in [3.05, 3.63) is 35.4 Å². The van der Waals surface area contributed by atoms with Crippen molar-refractivity contribution >= 4 is 11.9 Å². The van der Waals surface area contributed by atoms with Gasteiger partial charge in [-0.25, -0.2) is 0 Å². The van der Waals surface area contributed by atoms with E-state index in [1.807, 2.05) is 0 Å². The highest BCUT2D eigenvalue weighted by atomic mass is 16.4. The molecule has 0 bridgehead atoms. The Kier molecular flexibility index (Phi) is 27.0. The summed E-state index contributed by atoms with van der Waals surface area (Å²) in [6.07, 6.45) is 27.5. The number of carbonyl (C=O) groups excluding carboxylic acids is 2. The first-order chi connectivity index (χ1) is 21.9. The Labute approximate surface area is 285 Å². The molecule has 0 atom stereocenters. The van der Waals surface area contributed by atoms with Crippen LogP contribution in [0.2, 0.25) is 0 Å². The summed E-state index contributed by atoms with van der Waals surface area (Å²) in [5.74, 6) is -2.73. The molecule has 0 aliphatic carbocycles. The van der Waals surface area contributed by atoms with Crippen LogP contribution >= 0.6 is 0 Å². The molecule has 0 aliphatic rings. The Balaban J connectivity index is 0.00000222. The van der Waals surface area contributed by atoms with Crippen molar-refractivity contribution in [1.29, 1.82) is 0 Å². The maximum atomic E-state index is 9.50. The van der Waals surface area contributed by atoms with E-state index in [0.717, 1.165) is 22.1 Å². The molecule has 0 saturated heterocycles. The highest BCUT2D eigenvalue weighted by Crippen LogP contribution is 2.18. The van der Waals surface area contributed by atoms with Gasteiger partial charge in [0.05, 0.1) is 41.3 Å². The molecule has 6 heteroatoms. The molecule has 0 heterocycles. The quantitative estimate of drug-likeness (QED) is 0.0654. The molecule has 0 unspecified atom stereocenters. The fraction of sp³-hybridized carbons (Fsp3) is 0.800. The predicted octanol–water partition coefficient (Wildman–Crippen LogP) is 7.95. The Hall–Kier alpha value is -1.92. The molecule has 0 aliphatic heterocycles. The predicted molar refractivity (Wildman–Crippen MR) is 191 cm³/mol. The van der Waals surface area contributed by atoms with Gasteiger partial charge in [-0.1, -0.05) is 135 Å². The van der Waals surface area contributed by atoms with Crippen LogP contribution in [0.15, 0.2) is 24.3 Å². The molecule has 0 amide bonds. The Bertz CT molecular complexity index is 817. The number of carboxylic acid groups (broad SMARTS) is 2. The summed E-state index contributed by atoms with van der Waals surface area (Å²) in [5, 5.41) is 19.0. The van der Waals surface area contributed by atoms with Gasteiger partial charge in [0.2, 0.25) is 0 Å². The number of hydrogen-bond donors (Lipinski definition) is 0. The molecule has 1 aromatic rings. The van der Waals surface area contributed by atoms with E-state index in [1.54, 1.807) is 0 Å². The third-order valence-corrected chi connectivity index (χ3v) is 8.98. The zero-order valence-corrected chi connectivity index (χ0v) is 31.2. The second-order valence-electron chi connectivity index (χ2n) is 15.1. The molecule has 268 valence electrons. The largest absolute Gasteiger partial charge is 0.550 e. The number of benzene rings is 1. The number of carbonyl (C=O) groups is 2. The van der Waals surface area contributed by atoms with E-state index in [-0.39, 0.29) is 0 Å². The van der Waals surface area contributed by atoms with E-state index in [1.165, 1.54) is 153 Å². The van der Waals surface area contributed by atoms with Crippen LogP contribution in [-0.2, 0) is 22.7 Å². The van der Waals surface area contributed by atoms with Crippen molar-refractivity contribution in [3.8, 4) is 0 Å². The van der Waals surface area contributed by atoms with Crippen LogP contribution in [0.4, 0.5) is 0 Å². The maximum absolute atomic E-state index is 9.50. The topological polar surface area (TPSA) is 80.3 Å². The van der Waals surface area contributed by atoms with Crippen LogP contribution in [0.1, 0.15) is 166 Å². The van der Waals surface area contributed by atoms with E-state index in [9.17, 15) is 19.8 Å². The number of carboxylic acids is 2. The van der Waals surface area contributed by atoms with Crippen LogP contribution in [0.3, 0.4) is 0 Å². The number of aliphatic carboxylic acids is 2. The van der Waals surface area contributed by atoms with E-state index in [2.05, 4.69) is 66.3 Å². The lowest BCUT2D eigenvalue weighted by atomic mass is 10.1. The SMILES string of the molecule is CCCCCCCCCCCC[N+](C)(C)Cc1cccc(C[N+](C)(C)CCCCCCCCCCCC)c1.O=C([O-])CCC(=O)[O-]. The monoisotopic (exact) mass is 647 g/mol. The summed E-state index contributed by atoms with van der Waals surface area (Å²) in [5.41, 5.74) is 3.03. The summed E-state index contributed by atoms with van der Waals surface area (Å²) >= 11 is 0. The van der Waals surface area contributed by atoms with Crippen molar-refractivity contribution in [3.63, 3.8) is 0 Å². The maximum Gasteiger partial charge on any atom is 0.104 e. The molecular formula is C40H74N2O4. The molecule has 0 saturated carbocycles. The first-order valence-corrected chi connectivity index (χ1v) is 19.0. The van der Waals surface area contributed by atoms with Crippen molar-refractivity contribution in [2.24, 2.45) is 0 Å². The van der Waals surface area contributed by atoms with Gasteiger partial charge < -0.3 is 28.8 Å². The third kappa shape index (κ3) is 29.5. The van der Waals surface area contributed by atoms with Gasteiger partial charge in [-0.3, -0.25) is 0 Å². The number of hydrogen-bond acceptors (Lipinski definition) is 4. The van der Waals surface area contributed by atoms with E-state index in [0.29, 0.717) is 0 Å². The lowest BCUT2D eigenvalue weighted by molar-refractivity contribution is -0.904. The van der Waals surface area contributed by atoms with Crippen molar-refractivity contribution < 1.29 is 28.8 Å². The molecule has 0 aromatic heterocycles. The van der Waals surface area contributed by atoms with Crippen molar-refractivity contribution in [2.45, 2.75) is 168 Å². The van der Waals surface area contributed by atoms with Crippen LogP contribution in [0.25, 0.3) is 0 Å². The third-order valence-electron chi connectivity index (χ3n) is 8.98. The van der Waals surface area contributed by atoms with Crippen LogP contribution < -0.4 is 10.2 Å². The minimum absolute atomic E-state index is 0.470. The lowest BCUT2D eigenvalue weighted by Crippen LogP contribution is -2.40. The molecule has 0 radical (unpaired) electrons. The van der Waals surface area contributed by atoms with Gasteiger partial charge in [0, 0.05) is 23.1 Å². The average Bonchev–Trinajstić information content (AvgIpc) is 2.98. The second kappa shape index (κ2) is 28.1.